The van der Waals surface area contributed by atoms with Crippen molar-refractivity contribution < 1.29 is 4.79 Å². The van der Waals surface area contributed by atoms with Crippen molar-refractivity contribution in [1.29, 1.82) is 0 Å². The average molecular weight is 130 g/mol. The molecule has 0 unspecified atom stereocenters. The molecule has 0 aromatic carbocycles. The quantitative estimate of drug-likeness (QED) is 0.557. The van der Waals surface area contributed by atoms with Gasteiger partial charge in [0.05, 0.1) is 0 Å². The fourth-order valence-electron chi connectivity index (χ4n) is 0.544. The Morgan fingerprint density at radius 2 is 2.00 bits per heavy atom. The fourth-order valence-corrected chi connectivity index (χ4v) is 0.544. The Labute approximate surface area is 55.4 Å². The predicted molar refractivity (Wildman–Crippen MR) is 36.6 cm³/mol. The van der Waals surface area contributed by atoms with Crippen LogP contribution in [0.3, 0.4) is 0 Å². The maximum Gasteiger partial charge on any atom is 0.218 e. The van der Waals surface area contributed by atoms with Crippen LogP contribution in [-0.4, -0.2) is 12.5 Å². The SMILES string of the molecule is CC(C)(CN)CC(N)=O. The number of primary amides is 1. The molecule has 0 aliphatic heterocycles. The van der Waals surface area contributed by atoms with Crippen LogP contribution in [-0.2, 0) is 4.79 Å². The van der Waals surface area contributed by atoms with E-state index in [1.807, 2.05) is 13.8 Å². The van der Waals surface area contributed by atoms with E-state index in [9.17, 15) is 4.79 Å². The number of carbonyl (C=O) groups excluding carboxylic acids is 1. The van der Waals surface area contributed by atoms with Gasteiger partial charge in [-0.25, -0.2) is 0 Å². The van der Waals surface area contributed by atoms with Crippen LogP contribution < -0.4 is 11.5 Å². The molecule has 0 radical (unpaired) electrons. The summed E-state index contributed by atoms with van der Waals surface area (Å²) in [6.45, 7) is 4.32. The van der Waals surface area contributed by atoms with Crippen molar-refractivity contribution in [3.8, 4) is 0 Å². The van der Waals surface area contributed by atoms with Gasteiger partial charge in [-0.05, 0) is 12.0 Å². The summed E-state index contributed by atoms with van der Waals surface area (Å²) in [6, 6.07) is 0. The first-order valence-electron chi connectivity index (χ1n) is 2.96. The van der Waals surface area contributed by atoms with Crippen LogP contribution in [0, 0.1) is 5.41 Å². The molecule has 0 saturated carbocycles. The molecule has 3 heteroatoms. The Balaban J connectivity index is 3.71. The molecule has 3 nitrogen and oxygen atoms in total. The maximum atomic E-state index is 10.3. The number of carbonyl (C=O) groups is 1. The van der Waals surface area contributed by atoms with Crippen LogP contribution in [0.15, 0.2) is 0 Å². The second kappa shape index (κ2) is 2.82. The van der Waals surface area contributed by atoms with Gasteiger partial charge < -0.3 is 11.5 Å². The minimum atomic E-state index is -0.287. The largest absolute Gasteiger partial charge is 0.370 e. The highest BCUT2D eigenvalue weighted by Gasteiger charge is 2.17. The van der Waals surface area contributed by atoms with Crippen molar-refractivity contribution in [2.75, 3.05) is 6.54 Å². The number of nitrogens with two attached hydrogens (primary N) is 2. The molecule has 0 spiro atoms. The first-order valence-corrected chi connectivity index (χ1v) is 2.96. The minimum Gasteiger partial charge on any atom is -0.370 e. The molecule has 0 atom stereocenters. The van der Waals surface area contributed by atoms with Crippen molar-refractivity contribution in [3.63, 3.8) is 0 Å². The lowest BCUT2D eigenvalue weighted by molar-refractivity contribution is -0.119. The van der Waals surface area contributed by atoms with E-state index in [0.717, 1.165) is 0 Å². The lowest BCUT2D eigenvalue weighted by Gasteiger charge is -2.19. The Morgan fingerprint density at radius 1 is 1.56 bits per heavy atom. The van der Waals surface area contributed by atoms with E-state index in [1.54, 1.807) is 0 Å². The zero-order valence-electron chi connectivity index (χ0n) is 5.98. The predicted octanol–water partition coefficient (Wildman–Crippen LogP) is -0.153. The zero-order valence-corrected chi connectivity index (χ0v) is 5.98. The lowest BCUT2D eigenvalue weighted by Crippen LogP contribution is -2.29. The molecule has 54 valence electrons. The standard InChI is InChI=1S/C6H14N2O/c1-6(2,4-7)3-5(8)9/h3-4,7H2,1-2H3,(H2,8,9). The third-order valence-corrected chi connectivity index (χ3v) is 1.21. The Bertz CT molecular complexity index is 110. The third kappa shape index (κ3) is 3.97. The van der Waals surface area contributed by atoms with Gasteiger partial charge in [0, 0.05) is 6.42 Å². The highest BCUT2D eigenvalue weighted by molar-refractivity contribution is 5.74. The molecule has 0 aliphatic carbocycles. The maximum absolute atomic E-state index is 10.3. The molecule has 0 saturated heterocycles. The smallest absolute Gasteiger partial charge is 0.218 e. The first-order chi connectivity index (χ1) is 3.98. The van der Waals surface area contributed by atoms with E-state index < -0.39 is 0 Å². The molecular formula is C6H14N2O. The van der Waals surface area contributed by atoms with Crippen molar-refractivity contribution in [2.24, 2.45) is 16.9 Å². The number of hydrogen-bond donors (Lipinski definition) is 2. The summed E-state index contributed by atoms with van der Waals surface area (Å²) in [7, 11) is 0. The normalized spacial score (nSPS) is 11.4. The summed E-state index contributed by atoms with van der Waals surface area (Å²) in [5, 5.41) is 0. The Hall–Kier alpha value is -0.570. The average Bonchev–Trinajstić information content (AvgIpc) is 1.63. The summed E-state index contributed by atoms with van der Waals surface area (Å²) >= 11 is 0. The van der Waals surface area contributed by atoms with Gasteiger partial charge in [0.15, 0.2) is 0 Å². The Morgan fingerprint density at radius 3 is 2.11 bits per heavy atom. The van der Waals surface area contributed by atoms with Crippen molar-refractivity contribution in [1.82, 2.24) is 0 Å². The topological polar surface area (TPSA) is 69.1 Å². The summed E-state index contributed by atoms with van der Waals surface area (Å²) in [6.07, 6.45) is 0.365. The zero-order chi connectivity index (χ0) is 7.49. The highest BCUT2D eigenvalue weighted by Crippen LogP contribution is 2.16. The van der Waals surface area contributed by atoms with E-state index in [-0.39, 0.29) is 11.3 Å². The number of hydrogen-bond acceptors (Lipinski definition) is 2. The number of amides is 1. The molecule has 9 heavy (non-hydrogen) atoms. The fraction of sp³-hybridized carbons (Fsp3) is 0.833. The Kier molecular flexibility index (Phi) is 2.65. The minimum absolute atomic E-state index is 0.133. The van der Waals surface area contributed by atoms with Gasteiger partial charge in [-0.3, -0.25) is 4.79 Å². The van der Waals surface area contributed by atoms with Crippen LogP contribution in [0.4, 0.5) is 0 Å². The van der Waals surface area contributed by atoms with Crippen LogP contribution in [0.1, 0.15) is 20.3 Å². The van der Waals surface area contributed by atoms with Crippen molar-refractivity contribution >= 4 is 5.91 Å². The molecule has 0 heterocycles. The molecule has 0 aromatic rings. The molecule has 0 aromatic heterocycles. The second-order valence-electron chi connectivity index (χ2n) is 3.01. The molecule has 4 N–H and O–H groups in total. The van der Waals surface area contributed by atoms with Gasteiger partial charge in [0.1, 0.15) is 0 Å². The second-order valence-corrected chi connectivity index (χ2v) is 3.01. The summed E-state index contributed by atoms with van der Waals surface area (Å²) < 4.78 is 0. The van der Waals surface area contributed by atoms with Gasteiger partial charge >= 0.3 is 0 Å². The summed E-state index contributed by atoms with van der Waals surface area (Å²) in [5.74, 6) is -0.287. The lowest BCUT2D eigenvalue weighted by atomic mass is 9.89. The highest BCUT2D eigenvalue weighted by atomic mass is 16.1. The monoisotopic (exact) mass is 130 g/mol. The molecular weight excluding hydrogens is 116 g/mol. The van der Waals surface area contributed by atoms with E-state index in [1.165, 1.54) is 0 Å². The number of rotatable bonds is 3. The van der Waals surface area contributed by atoms with Crippen molar-refractivity contribution in [3.05, 3.63) is 0 Å². The van der Waals surface area contributed by atoms with Gasteiger partial charge in [-0.1, -0.05) is 13.8 Å². The van der Waals surface area contributed by atoms with Crippen molar-refractivity contribution in [2.45, 2.75) is 20.3 Å². The molecule has 0 rings (SSSR count). The third-order valence-electron chi connectivity index (χ3n) is 1.21. The first kappa shape index (κ1) is 8.43. The van der Waals surface area contributed by atoms with Gasteiger partial charge in [-0.15, -0.1) is 0 Å². The van der Waals surface area contributed by atoms with Gasteiger partial charge in [0.25, 0.3) is 0 Å². The van der Waals surface area contributed by atoms with Gasteiger partial charge in [0.2, 0.25) is 5.91 Å². The van der Waals surface area contributed by atoms with E-state index in [2.05, 4.69) is 0 Å². The molecule has 0 fully saturated rings. The van der Waals surface area contributed by atoms with Crippen LogP contribution in [0.5, 0.6) is 0 Å². The van der Waals surface area contributed by atoms with Gasteiger partial charge in [-0.2, -0.15) is 0 Å². The summed E-state index contributed by atoms with van der Waals surface area (Å²) in [4.78, 5) is 10.3. The van der Waals surface area contributed by atoms with E-state index in [4.69, 9.17) is 11.5 Å². The van der Waals surface area contributed by atoms with E-state index in [0.29, 0.717) is 13.0 Å². The van der Waals surface area contributed by atoms with Crippen LogP contribution >= 0.6 is 0 Å². The molecule has 0 bridgehead atoms. The van der Waals surface area contributed by atoms with Crippen LogP contribution in [0.2, 0.25) is 0 Å². The molecule has 1 amide bonds. The van der Waals surface area contributed by atoms with E-state index >= 15 is 0 Å². The van der Waals surface area contributed by atoms with Crippen LogP contribution in [0.25, 0.3) is 0 Å². The summed E-state index contributed by atoms with van der Waals surface area (Å²) in [5.41, 5.74) is 10.2. The molecule has 0 aliphatic rings.